The van der Waals surface area contributed by atoms with Crippen LogP contribution in [0, 0.1) is 28.6 Å². The van der Waals surface area contributed by atoms with E-state index in [0.717, 1.165) is 14.0 Å². The summed E-state index contributed by atoms with van der Waals surface area (Å²) in [5.41, 5.74) is -6.56. The maximum absolute atomic E-state index is 17.6. The molecule has 9 heteroatoms. The van der Waals surface area contributed by atoms with E-state index in [2.05, 4.69) is 0 Å². The number of allylic oxidation sites excluding steroid dienone is 4. The average molecular weight is 479 g/mol. The van der Waals surface area contributed by atoms with Gasteiger partial charge in [0.2, 0.25) is 5.78 Å². The largest absolute Gasteiger partial charge is 0.469 e. The van der Waals surface area contributed by atoms with Crippen LogP contribution >= 0.6 is 0 Å². The van der Waals surface area contributed by atoms with E-state index in [-0.39, 0.29) is 25.0 Å². The third kappa shape index (κ3) is 2.95. The van der Waals surface area contributed by atoms with Crippen molar-refractivity contribution in [3.8, 4) is 0 Å². The number of esters is 2. The first-order valence-electron chi connectivity index (χ1n) is 11.6. The first-order valence-corrected chi connectivity index (χ1v) is 11.6. The molecule has 3 saturated carbocycles. The second-order valence-electron chi connectivity index (χ2n) is 10.5. The maximum atomic E-state index is 17.6. The number of carbonyl (C=O) groups is 4. The lowest BCUT2D eigenvalue weighted by Crippen LogP contribution is -2.69. The Morgan fingerprint density at radius 3 is 2.53 bits per heavy atom. The molecule has 0 heterocycles. The van der Waals surface area contributed by atoms with E-state index in [4.69, 9.17) is 9.47 Å². The van der Waals surface area contributed by atoms with E-state index in [1.807, 2.05) is 0 Å². The van der Waals surface area contributed by atoms with Crippen LogP contribution in [0.5, 0.6) is 0 Å². The quantitative estimate of drug-likeness (QED) is 0.584. The van der Waals surface area contributed by atoms with Crippen molar-refractivity contribution in [2.75, 3.05) is 13.7 Å². The van der Waals surface area contributed by atoms with Crippen molar-refractivity contribution in [1.29, 1.82) is 0 Å². The average Bonchev–Trinajstić information content (AvgIpc) is 2.99. The zero-order valence-electron chi connectivity index (χ0n) is 19.8. The first kappa shape index (κ1) is 24.7. The molecule has 8 nitrogen and oxygen atoms in total. The summed E-state index contributed by atoms with van der Waals surface area (Å²) in [6.07, 6.45) is 3.06. The predicted octanol–water partition coefficient (Wildman–Crippen LogP) is 1.62. The van der Waals surface area contributed by atoms with E-state index in [1.165, 1.54) is 18.2 Å². The number of rotatable bonds is 4. The van der Waals surface area contributed by atoms with Gasteiger partial charge in [0, 0.05) is 17.8 Å². The highest BCUT2D eigenvalue weighted by molar-refractivity contribution is 6.01. The van der Waals surface area contributed by atoms with Crippen LogP contribution in [-0.2, 0) is 28.7 Å². The minimum absolute atomic E-state index is 0.0547. The van der Waals surface area contributed by atoms with E-state index in [9.17, 15) is 29.4 Å². The van der Waals surface area contributed by atoms with Crippen LogP contribution in [-0.4, -0.2) is 64.8 Å². The minimum atomic E-state index is -2.34. The molecule has 34 heavy (non-hydrogen) atoms. The molecule has 4 aliphatic rings. The number of carbonyl (C=O) groups excluding carboxylic acids is 4. The van der Waals surface area contributed by atoms with Crippen molar-refractivity contribution in [1.82, 2.24) is 0 Å². The van der Waals surface area contributed by atoms with E-state index in [1.54, 1.807) is 13.8 Å². The van der Waals surface area contributed by atoms with Crippen molar-refractivity contribution in [2.24, 2.45) is 28.6 Å². The molecular formula is C25H31FO8. The Kier molecular flexibility index (Phi) is 5.68. The van der Waals surface area contributed by atoms with Crippen LogP contribution in [0.4, 0.5) is 4.39 Å². The number of alkyl halides is 1. The third-order valence-electron chi connectivity index (χ3n) is 9.21. The highest BCUT2D eigenvalue weighted by atomic mass is 19.1. The van der Waals surface area contributed by atoms with Gasteiger partial charge in [-0.1, -0.05) is 18.6 Å². The summed E-state index contributed by atoms with van der Waals surface area (Å²) >= 11 is 0. The van der Waals surface area contributed by atoms with Gasteiger partial charge in [-0.25, -0.2) is 4.39 Å². The first-order chi connectivity index (χ1) is 15.8. The Morgan fingerprint density at radius 2 is 1.91 bits per heavy atom. The van der Waals surface area contributed by atoms with Crippen LogP contribution in [0.25, 0.3) is 0 Å². The summed E-state index contributed by atoms with van der Waals surface area (Å²) in [6, 6.07) is 0. The number of ether oxygens (including phenoxy) is 2. The second kappa shape index (κ2) is 7.81. The van der Waals surface area contributed by atoms with Gasteiger partial charge < -0.3 is 19.7 Å². The summed E-state index contributed by atoms with van der Waals surface area (Å²) in [5, 5.41) is 22.6. The summed E-state index contributed by atoms with van der Waals surface area (Å²) < 4.78 is 27.4. The summed E-state index contributed by atoms with van der Waals surface area (Å²) in [5.74, 6) is -5.50. The fourth-order valence-corrected chi connectivity index (χ4v) is 7.45. The van der Waals surface area contributed by atoms with Gasteiger partial charge in [0.05, 0.1) is 19.1 Å². The predicted molar refractivity (Wildman–Crippen MR) is 116 cm³/mol. The molecule has 0 aromatic carbocycles. The molecule has 0 spiro atoms. The number of ketones is 2. The van der Waals surface area contributed by atoms with Crippen LogP contribution < -0.4 is 0 Å². The summed E-state index contributed by atoms with van der Waals surface area (Å²) in [4.78, 5) is 49.4. The van der Waals surface area contributed by atoms with E-state index in [0.29, 0.717) is 12.0 Å². The van der Waals surface area contributed by atoms with Crippen molar-refractivity contribution in [3.05, 3.63) is 23.8 Å². The van der Waals surface area contributed by atoms with Gasteiger partial charge in [-0.05, 0) is 56.6 Å². The molecule has 0 saturated heterocycles. The molecule has 0 aromatic rings. The number of Topliss-reactive ketones (excluding diaryl/α,β-unsaturated/α-hetero) is 1. The number of aliphatic hydroxyl groups excluding tert-OH is 1. The summed E-state index contributed by atoms with van der Waals surface area (Å²) in [6.45, 7) is 3.63. The molecule has 0 radical (unpaired) electrons. The van der Waals surface area contributed by atoms with Crippen LogP contribution in [0.2, 0.25) is 0 Å². The lowest BCUT2D eigenvalue weighted by Gasteiger charge is -2.62. The molecule has 3 fully saturated rings. The van der Waals surface area contributed by atoms with Gasteiger partial charge in [0.25, 0.3) is 0 Å². The Morgan fingerprint density at radius 1 is 1.24 bits per heavy atom. The van der Waals surface area contributed by atoms with Crippen molar-refractivity contribution < 1.29 is 43.3 Å². The fraction of sp³-hybridized carbons (Fsp3) is 0.680. The smallest absolute Gasteiger partial charge is 0.311 e. The Labute approximate surface area is 197 Å². The van der Waals surface area contributed by atoms with Gasteiger partial charge in [-0.2, -0.15) is 0 Å². The maximum Gasteiger partial charge on any atom is 0.311 e. The molecule has 186 valence electrons. The second-order valence-corrected chi connectivity index (χ2v) is 10.5. The lowest BCUT2D eigenvalue weighted by molar-refractivity contribution is -0.214. The van der Waals surface area contributed by atoms with Gasteiger partial charge in [0.1, 0.15) is 5.67 Å². The Bertz CT molecular complexity index is 1020. The highest BCUT2D eigenvalue weighted by Gasteiger charge is 2.77. The van der Waals surface area contributed by atoms with Crippen molar-refractivity contribution >= 4 is 23.5 Å². The van der Waals surface area contributed by atoms with Gasteiger partial charge in [0.15, 0.2) is 18.0 Å². The molecule has 0 amide bonds. The number of hydrogen-bond acceptors (Lipinski definition) is 8. The Balaban J connectivity index is 1.85. The zero-order chi connectivity index (χ0) is 25.3. The fourth-order valence-electron chi connectivity index (χ4n) is 7.45. The van der Waals surface area contributed by atoms with Gasteiger partial charge >= 0.3 is 11.9 Å². The monoisotopic (exact) mass is 478 g/mol. The number of fused-ring (bicyclic) bond motifs is 5. The molecule has 4 rings (SSSR count). The van der Waals surface area contributed by atoms with Crippen LogP contribution in [0.15, 0.2) is 23.8 Å². The van der Waals surface area contributed by atoms with E-state index >= 15 is 4.39 Å². The molecule has 8 unspecified atom stereocenters. The summed E-state index contributed by atoms with van der Waals surface area (Å²) in [7, 11) is 1.15. The van der Waals surface area contributed by atoms with Crippen molar-refractivity contribution in [2.45, 2.75) is 63.8 Å². The lowest BCUT2D eigenvalue weighted by atomic mass is 9.42. The minimum Gasteiger partial charge on any atom is -0.469 e. The number of methoxy groups -OCH3 is 1. The topological polar surface area (TPSA) is 127 Å². The number of aliphatic hydroxyl groups is 2. The number of hydrogen-bond donors (Lipinski definition) is 2. The molecular weight excluding hydrogens is 447 g/mol. The third-order valence-corrected chi connectivity index (χ3v) is 9.21. The molecule has 2 N–H and O–H groups in total. The normalized spacial score (nSPS) is 44.9. The Hall–Kier alpha value is -2.39. The number of halogens is 1. The molecule has 4 aliphatic carbocycles. The molecule has 8 atom stereocenters. The van der Waals surface area contributed by atoms with Gasteiger partial charge in [-0.15, -0.1) is 0 Å². The SMILES string of the molecule is COC(=O)C1CC2(C)C(CC(O)C2(O)C(=O)COC(C)=O)C2CCC3=CC(=O)C=CC3(C)C12F. The van der Waals surface area contributed by atoms with Gasteiger partial charge in [-0.3, -0.25) is 19.2 Å². The zero-order valence-corrected chi connectivity index (χ0v) is 19.8. The van der Waals surface area contributed by atoms with E-state index < -0.39 is 70.3 Å². The highest BCUT2D eigenvalue weighted by Crippen LogP contribution is 2.71. The van der Waals surface area contributed by atoms with Crippen molar-refractivity contribution in [3.63, 3.8) is 0 Å². The molecule has 0 aromatic heterocycles. The standard InChI is InChI=1S/C25H31FO8/c1-13(27)34-12-20(30)25(32)19(29)10-17-16-6-5-14-9-15(28)7-8-22(14,2)24(16,26)18(21(31)33-4)11-23(17,25)3/h7-9,16-19,29,32H,5-6,10-12H2,1-4H3. The molecule has 0 bridgehead atoms. The van der Waals surface area contributed by atoms with Crippen LogP contribution in [0.3, 0.4) is 0 Å². The molecule has 0 aliphatic heterocycles. The van der Waals surface area contributed by atoms with Crippen LogP contribution in [0.1, 0.15) is 46.5 Å².